The molecule has 30 heavy (non-hydrogen) atoms. The smallest absolute Gasteiger partial charge is 0.274 e. The molecule has 4 rings (SSSR count). The lowest BCUT2D eigenvalue weighted by Gasteiger charge is -2.31. The van der Waals surface area contributed by atoms with Crippen molar-refractivity contribution in [1.29, 1.82) is 0 Å². The number of nitrogens with zero attached hydrogens (tertiary/aromatic N) is 5. The molecule has 0 radical (unpaired) electrons. The molecule has 0 saturated carbocycles. The molecular weight excluding hydrogens is 400 g/mol. The minimum Gasteiger partial charge on any atom is -0.350 e. The number of pyridine rings is 1. The molecule has 1 aliphatic heterocycles. The second-order valence-corrected chi connectivity index (χ2v) is 8.23. The minimum atomic E-state index is -0.168. The average molecular weight is 425 g/mol. The molecule has 0 atom stereocenters. The lowest BCUT2D eigenvalue weighted by molar-refractivity contribution is -0.122. The van der Waals surface area contributed by atoms with Crippen LogP contribution in [-0.2, 0) is 17.9 Å². The second kappa shape index (κ2) is 9.19. The van der Waals surface area contributed by atoms with Gasteiger partial charge >= 0.3 is 0 Å². The Hall–Kier alpha value is -3.04. The maximum absolute atomic E-state index is 13.0. The van der Waals surface area contributed by atoms with Gasteiger partial charge in [0.1, 0.15) is 6.54 Å². The van der Waals surface area contributed by atoms with E-state index < -0.39 is 0 Å². The molecule has 0 unspecified atom stereocenters. The first-order valence-electron chi connectivity index (χ1n) is 9.85. The third-order valence-electron chi connectivity index (χ3n) is 5.07. The number of nitrogens with one attached hydrogen (secondary N) is 1. The van der Waals surface area contributed by atoms with Crippen LogP contribution in [0, 0.1) is 0 Å². The number of likely N-dealkylation sites (N-methyl/N-ethyl adjacent to an activating group) is 1. The summed E-state index contributed by atoms with van der Waals surface area (Å²) in [5, 5.41) is 9.36. The van der Waals surface area contributed by atoms with Gasteiger partial charge in [-0.1, -0.05) is 12.1 Å². The number of piperazine rings is 1. The van der Waals surface area contributed by atoms with E-state index in [1.165, 1.54) is 0 Å². The summed E-state index contributed by atoms with van der Waals surface area (Å²) in [6.45, 7) is 3.51. The van der Waals surface area contributed by atoms with Crippen molar-refractivity contribution in [2.75, 3.05) is 33.2 Å². The standard InChI is InChI=1S/C21H24N6O2S/c1-25-7-9-26(10-8-25)21(29)17-12-18(19-5-3-11-30-19)27(24-17)15-20(28)23-14-16-4-2-6-22-13-16/h2-6,11-13H,7-10,14-15H2,1H3,(H,23,28). The first-order valence-corrected chi connectivity index (χ1v) is 10.7. The Balaban J connectivity index is 1.50. The van der Waals surface area contributed by atoms with Crippen LogP contribution >= 0.6 is 11.3 Å². The molecule has 1 N–H and O–H groups in total. The molecule has 1 fully saturated rings. The monoisotopic (exact) mass is 424 g/mol. The lowest BCUT2D eigenvalue weighted by atomic mass is 10.2. The van der Waals surface area contributed by atoms with E-state index in [4.69, 9.17) is 0 Å². The number of aromatic nitrogens is 3. The summed E-state index contributed by atoms with van der Waals surface area (Å²) in [5.41, 5.74) is 2.08. The fourth-order valence-corrected chi connectivity index (χ4v) is 4.08. The van der Waals surface area contributed by atoms with Gasteiger partial charge in [-0.2, -0.15) is 5.10 Å². The second-order valence-electron chi connectivity index (χ2n) is 7.28. The molecule has 3 aromatic heterocycles. The molecule has 9 heteroatoms. The molecule has 0 spiro atoms. The lowest BCUT2D eigenvalue weighted by Crippen LogP contribution is -2.47. The molecule has 4 heterocycles. The van der Waals surface area contributed by atoms with Gasteiger partial charge in [-0.25, -0.2) is 0 Å². The summed E-state index contributed by atoms with van der Waals surface area (Å²) in [6, 6.07) is 9.45. The van der Waals surface area contributed by atoms with E-state index >= 15 is 0 Å². The Morgan fingerprint density at radius 2 is 2.00 bits per heavy atom. The zero-order valence-corrected chi connectivity index (χ0v) is 17.6. The number of amides is 2. The number of carbonyl (C=O) groups excluding carboxylic acids is 2. The third kappa shape index (κ3) is 4.74. The van der Waals surface area contributed by atoms with Crippen LogP contribution in [-0.4, -0.2) is 69.6 Å². The molecule has 2 amide bonds. The summed E-state index contributed by atoms with van der Waals surface area (Å²) >= 11 is 1.56. The minimum absolute atomic E-state index is 0.0452. The first-order chi connectivity index (χ1) is 14.6. The van der Waals surface area contributed by atoms with E-state index in [2.05, 4.69) is 27.3 Å². The number of hydrogen-bond acceptors (Lipinski definition) is 6. The van der Waals surface area contributed by atoms with E-state index in [1.807, 2.05) is 34.5 Å². The van der Waals surface area contributed by atoms with Gasteiger partial charge in [0, 0.05) is 45.1 Å². The van der Waals surface area contributed by atoms with Gasteiger partial charge in [-0.15, -0.1) is 11.3 Å². The van der Waals surface area contributed by atoms with Crippen LogP contribution in [0.25, 0.3) is 10.6 Å². The maximum Gasteiger partial charge on any atom is 0.274 e. The molecule has 156 valence electrons. The highest BCUT2D eigenvalue weighted by Crippen LogP contribution is 2.26. The van der Waals surface area contributed by atoms with Crippen LogP contribution in [0.1, 0.15) is 16.1 Å². The van der Waals surface area contributed by atoms with Crippen LogP contribution in [0.2, 0.25) is 0 Å². The maximum atomic E-state index is 13.0. The van der Waals surface area contributed by atoms with Crippen LogP contribution in [0.15, 0.2) is 48.1 Å². The van der Waals surface area contributed by atoms with Crippen molar-refractivity contribution < 1.29 is 9.59 Å². The van der Waals surface area contributed by atoms with Crippen molar-refractivity contribution in [3.8, 4) is 10.6 Å². The Labute approximate surface area is 179 Å². The average Bonchev–Trinajstić information content (AvgIpc) is 3.43. The molecule has 0 aliphatic carbocycles. The van der Waals surface area contributed by atoms with Crippen molar-refractivity contribution in [1.82, 2.24) is 29.9 Å². The first kappa shape index (κ1) is 20.2. The van der Waals surface area contributed by atoms with Gasteiger partial charge in [-0.3, -0.25) is 19.3 Å². The summed E-state index contributed by atoms with van der Waals surface area (Å²) in [5.74, 6) is -0.256. The molecule has 8 nitrogen and oxygen atoms in total. The van der Waals surface area contributed by atoms with E-state index in [0.717, 1.165) is 29.2 Å². The van der Waals surface area contributed by atoms with Crippen molar-refractivity contribution in [2.45, 2.75) is 13.1 Å². The quantitative estimate of drug-likeness (QED) is 0.651. The van der Waals surface area contributed by atoms with Crippen molar-refractivity contribution in [3.05, 3.63) is 59.4 Å². The van der Waals surface area contributed by atoms with Crippen LogP contribution < -0.4 is 5.32 Å². The Morgan fingerprint density at radius 3 is 2.70 bits per heavy atom. The fraction of sp³-hybridized carbons (Fsp3) is 0.333. The zero-order chi connectivity index (χ0) is 20.9. The summed E-state index contributed by atoms with van der Waals surface area (Å²) < 4.78 is 1.62. The molecule has 0 bridgehead atoms. The van der Waals surface area contributed by atoms with Gasteiger partial charge in [0.2, 0.25) is 5.91 Å². The molecule has 3 aromatic rings. The Bertz CT molecular complexity index is 994. The van der Waals surface area contributed by atoms with E-state index in [9.17, 15) is 9.59 Å². The van der Waals surface area contributed by atoms with Gasteiger partial charge in [-0.05, 0) is 36.2 Å². The molecule has 1 aliphatic rings. The number of carbonyl (C=O) groups is 2. The van der Waals surface area contributed by atoms with E-state index in [0.29, 0.717) is 25.3 Å². The summed E-state index contributed by atoms with van der Waals surface area (Å²) in [6.07, 6.45) is 3.42. The van der Waals surface area contributed by atoms with Crippen molar-refractivity contribution >= 4 is 23.2 Å². The third-order valence-corrected chi connectivity index (χ3v) is 5.96. The number of hydrogen-bond donors (Lipinski definition) is 1. The highest BCUT2D eigenvalue weighted by molar-refractivity contribution is 7.13. The number of rotatable bonds is 6. The van der Waals surface area contributed by atoms with Gasteiger partial charge < -0.3 is 15.1 Å². The van der Waals surface area contributed by atoms with Gasteiger partial charge in [0.05, 0.1) is 10.6 Å². The molecule has 1 saturated heterocycles. The van der Waals surface area contributed by atoms with Crippen molar-refractivity contribution in [2.24, 2.45) is 0 Å². The normalized spacial score (nSPS) is 14.6. The Kier molecular flexibility index (Phi) is 6.20. The number of thiophene rings is 1. The zero-order valence-electron chi connectivity index (χ0n) is 16.8. The predicted molar refractivity (Wildman–Crippen MR) is 115 cm³/mol. The molecule has 0 aromatic carbocycles. The van der Waals surface area contributed by atoms with E-state index in [1.54, 1.807) is 34.5 Å². The van der Waals surface area contributed by atoms with Crippen LogP contribution in [0.5, 0.6) is 0 Å². The summed E-state index contributed by atoms with van der Waals surface area (Å²) in [4.78, 5) is 34.6. The SMILES string of the molecule is CN1CCN(C(=O)c2cc(-c3cccs3)n(CC(=O)NCc3cccnc3)n2)CC1. The fourth-order valence-electron chi connectivity index (χ4n) is 3.33. The van der Waals surface area contributed by atoms with Crippen molar-refractivity contribution in [3.63, 3.8) is 0 Å². The molecular formula is C21H24N6O2S. The summed E-state index contributed by atoms with van der Waals surface area (Å²) in [7, 11) is 2.05. The highest BCUT2D eigenvalue weighted by atomic mass is 32.1. The largest absolute Gasteiger partial charge is 0.350 e. The van der Waals surface area contributed by atoms with E-state index in [-0.39, 0.29) is 18.4 Å². The highest BCUT2D eigenvalue weighted by Gasteiger charge is 2.24. The van der Waals surface area contributed by atoms with Gasteiger partial charge in [0.25, 0.3) is 5.91 Å². The topological polar surface area (TPSA) is 83.4 Å². The van der Waals surface area contributed by atoms with Crippen LogP contribution in [0.3, 0.4) is 0 Å². The van der Waals surface area contributed by atoms with Crippen LogP contribution in [0.4, 0.5) is 0 Å². The van der Waals surface area contributed by atoms with Gasteiger partial charge in [0.15, 0.2) is 5.69 Å². The predicted octanol–water partition coefficient (Wildman–Crippen LogP) is 1.71. The Morgan fingerprint density at radius 1 is 1.17 bits per heavy atom.